The standard InChI is InChI=1S/C18H15P.C2H6O2/c1-4-10-16(11-5-1)19(17-12-6-2-7-13-17)18-14-8-3-9-15-18;3-1-2-4/h1-15H;3-4H,1-2H2. The van der Waals surface area contributed by atoms with Crippen LogP contribution in [0, 0.1) is 0 Å². The molecule has 0 bridgehead atoms. The molecule has 0 atom stereocenters. The van der Waals surface area contributed by atoms with Gasteiger partial charge in [0.1, 0.15) is 0 Å². The molecule has 0 aliphatic carbocycles. The molecule has 3 heteroatoms. The highest BCUT2D eigenvalue weighted by Crippen LogP contribution is 2.32. The van der Waals surface area contributed by atoms with Crippen LogP contribution >= 0.6 is 7.92 Å². The van der Waals surface area contributed by atoms with Crippen LogP contribution in [0.25, 0.3) is 0 Å². The van der Waals surface area contributed by atoms with Gasteiger partial charge in [-0.15, -0.1) is 0 Å². The minimum atomic E-state index is -0.446. The van der Waals surface area contributed by atoms with Gasteiger partial charge in [-0.25, -0.2) is 0 Å². The second-order valence-electron chi connectivity index (χ2n) is 4.79. The Labute approximate surface area is 138 Å². The lowest BCUT2D eigenvalue weighted by Crippen LogP contribution is -2.20. The average molecular weight is 324 g/mol. The molecule has 0 saturated heterocycles. The summed E-state index contributed by atoms with van der Waals surface area (Å²) in [5.74, 6) is 0. The maximum absolute atomic E-state index is 7.62. The summed E-state index contributed by atoms with van der Waals surface area (Å²) in [6, 6.07) is 32.3. The van der Waals surface area contributed by atoms with Gasteiger partial charge in [0.05, 0.1) is 13.2 Å². The first-order valence-electron chi connectivity index (χ1n) is 7.54. The summed E-state index contributed by atoms with van der Waals surface area (Å²) in [6.45, 7) is -0.250. The monoisotopic (exact) mass is 324 g/mol. The fraction of sp³-hybridized carbons (Fsp3) is 0.100. The molecule has 2 N–H and O–H groups in total. The van der Waals surface area contributed by atoms with Crippen LogP contribution in [0.2, 0.25) is 0 Å². The molecule has 0 unspecified atom stereocenters. The van der Waals surface area contributed by atoms with Crippen LogP contribution in [0.15, 0.2) is 91.0 Å². The highest BCUT2D eigenvalue weighted by molar-refractivity contribution is 7.79. The molecule has 2 nitrogen and oxygen atoms in total. The lowest BCUT2D eigenvalue weighted by atomic mass is 10.4. The van der Waals surface area contributed by atoms with E-state index in [1.807, 2.05) is 0 Å². The number of hydrogen-bond acceptors (Lipinski definition) is 2. The molecular formula is C20H21O2P. The number of benzene rings is 3. The minimum absolute atomic E-state index is 0.125. The third kappa shape index (κ3) is 5.30. The smallest absolute Gasteiger partial charge is 0.0662 e. The molecule has 3 aromatic rings. The zero-order valence-electron chi connectivity index (χ0n) is 12.9. The molecule has 0 aliphatic heterocycles. The van der Waals surface area contributed by atoms with Gasteiger partial charge in [-0.05, 0) is 23.8 Å². The van der Waals surface area contributed by atoms with E-state index in [0.717, 1.165) is 0 Å². The second-order valence-corrected chi connectivity index (χ2v) is 7.01. The van der Waals surface area contributed by atoms with E-state index in [4.69, 9.17) is 10.2 Å². The van der Waals surface area contributed by atoms with Crippen LogP contribution < -0.4 is 15.9 Å². The lowest BCUT2D eigenvalue weighted by molar-refractivity contribution is 0.186. The molecule has 3 rings (SSSR count). The maximum Gasteiger partial charge on any atom is 0.0662 e. The van der Waals surface area contributed by atoms with Crippen molar-refractivity contribution in [3.8, 4) is 0 Å². The summed E-state index contributed by atoms with van der Waals surface area (Å²) in [5, 5.41) is 19.4. The Morgan fingerprint density at radius 3 is 0.957 bits per heavy atom. The third-order valence-corrected chi connectivity index (χ3v) is 5.59. The Hall–Kier alpha value is -1.99. The largest absolute Gasteiger partial charge is 0.394 e. The fourth-order valence-electron chi connectivity index (χ4n) is 2.18. The van der Waals surface area contributed by atoms with Gasteiger partial charge < -0.3 is 10.2 Å². The van der Waals surface area contributed by atoms with Crippen LogP contribution in [0.3, 0.4) is 0 Å². The second kappa shape index (κ2) is 9.91. The highest BCUT2D eigenvalue weighted by atomic mass is 31.1. The van der Waals surface area contributed by atoms with Gasteiger partial charge >= 0.3 is 0 Å². The number of aliphatic hydroxyl groups is 2. The van der Waals surface area contributed by atoms with Crippen LogP contribution in [0.1, 0.15) is 0 Å². The number of rotatable bonds is 4. The normalized spacial score (nSPS) is 10.0. The third-order valence-electron chi connectivity index (χ3n) is 3.14. The van der Waals surface area contributed by atoms with Crippen molar-refractivity contribution in [3.63, 3.8) is 0 Å². The SMILES string of the molecule is OCCO.c1ccc(P(c2ccccc2)c2ccccc2)cc1. The molecule has 0 aliphatic rings. The van der Waals surface area contributed by atoms with Crippen molar-refractivity contribution in [2.45, 2.75) is 0 Å². The van der Waals surface area contributed by atoms with E-state index >= 15 is 0 Å². The highest BCUT2D eigenvalue weighted by Gasteiger charge is 2.14. The van der Waals surface area contributed by atoms with E-state index in [9.17, 15) is 0 Å². The zero-order valence-corrected chi connectivity index (χ0v) is 13.8. The van der Waals surface area contributed by atoms with Crippen LogP contribution in [-0.4, -0.2) is 23.4 Å². The number of hydrogen-bond donors (Lipinski definition) is 2. The fourth-order valence-corrected chi connectivity index (χ4v) is 4.48. The molecule has 0 saturated carbocycles. The average Bonchev–Trinajstić information content (AvgIpc) is 2.65. The summed E-state index contributed by atoms with van der Waals surface area (Å²) in [4.78, 5) is 0. The molecule has 0 amide bonds. The van der Waals surface area contributed by atoms with Gasteiger partial charge in [0.2, 0.25) is 0 Å². The topological polar surface area (TPSA) is 40.5 Å². The molecule has 3 aromatic carbocycles. The number of aliphatic hydroxyl groups excluding tert-OH is 2. The van der Waals surface area contributed by atoms with Crippen molar-refractivity contribution >= 4 is 23.8 Å². The zero-order chi connectivity index (χ0) is 16.3. The summed E-state index contributed by atoms with van der Waals surface area (Å²) >= 11 is 0. The van der Waals surface area contributed by atoms with Crippen molar-refractivity contribution in [1.82, 2.24) is 0 Å². The van der Waals surface area contributed by atoms with Crippen molar-refractivity contribution < 1.29 is 10.2 Å². The molecule has 0 aromatic heterocycles. The Kier molecular flexibility index (Phi) is 7.48. The van der Waals surface area contributed by atoms with Gasteiger partial charge in [0.25, 0.3) is 0 Å². The maximum atomic E-state index is 7.62. The van der Waals surface area contributed by atoms with E-state index in [1.54, 1.807) is 0 Å². The summed E-state index contributed by atoms with van der Waals surface area (Å²) in [5.41, 5.74) is 0. The molecule has 0 fully saturated rings. The summed E-state index contributed by atoms with van der Waals surface area (Å²) < 4.78 is 0. The predicted octanol–water partition coefficient (Wildman–Crippen LogP) is 2.42. The van der Waals surface area contributed by atoms with E-state index in [0.29, 0.717) is 0 Å². The van der Waals surface area contributed by atoms with Crippen molar-refractivity contribution in [2.75, 3.05) is 13.2 Å². The molecule has 23 heavy (non-hydrogen) atoms. The van der Waals surface area contributed by atoms with Gasteiger partial charge in [-0.2, -0.15) is 0 Å². The van der Waals surface area contributed by atoms with Crippen molar-refractivity contribution in [3.05, 3.63) is 91.0 Å². The van der Waals surface area contributed by atoms with E-state index in [2.05, 4.69) is 91.0 Å². The first-order chi connectivity index (χ1) is 11.4. The van der Waals surface area contributed by atoms with E-state index < -0.39 is 7.92 Å². The van der Waals surface area contributed by atoms with Gasteiger partial charge in [0, 0.05) is 0 Å². The Morgan fingerprint density at radius 2 is 0.739 bits per heavy atom. The Morgan fingerprint density at radius 1 is 0.478 bits per heavy atom. The van der Waals surface area contributed by atoms with Crippen molar-refractivity contribution in [1.29, 1.82) is 0 Å². The minimum Gasteiger partial charge on any atom is -0.394 e. The quantitative estimate of drug-likeness (QED) is 0.724. The van der Waals surface area contributed by atoms with Gasteiger partial charge in [-0.3, -0.25) is 0 Å². The first kappa shape index (κ1) is 17.4. The van der Waals surface area contributed by atoms with Crippen molar-refractivity contribution in [2.24, 2.45) is 0 Å². The molecule has 0 heterocycles. The predicted molar refractivity (Wildman–Crippen MR) is 99.3 cm³/mol. The Balaban J connectivity index is 0.000000433. The molecular weight excluding hydrogens is 303 g/mol. The summed E-state index contributed by atoms with van der Waals surface area (Å²) in [6.07, 6.45) is 0. The molecule has 0 spiro atoms. The Bertz CT molecular complexity index is 561. The van der Waals surface area contributed by atoms with Gasteiger partial charge in [-0.1, -0.05) is 91.0 Å². The van der Waals surface area contributed by atoms with Crippen LogP contribution in [-0.2, 0) is 0 Å². The molecule has 0 radical (unpaired) electrons. The van der Waals surface area contributed by atoms with E-state index in [-0.39, 0.29) is 13.2 Å². The lowest BCUT2D eigenvalue weighted by Gasteiger charge is -2.18. The first-order valence-corrected chi connectivity index (χ1v) is 8.88. The molecule has 118 valence electrons. The van der Waals surface area contributed by atoms with E-state index in [1.165, 1.54) is 15.9 Å². The van der Waals surface area contributed by atoms with Crippen LogP contribution in [0.5, 0.6) is 0 Å². The van der Waals surface area contributed by atoms with Crippen LogP contribution in [0.4, 0.5) is 0 Å². The summed E-state index contributed by atoms with van der Waals surface area (Å²) in [7, 11) is -0.446. The van der Waals surface area contributed by atoms with Gasteiger partial charge in [0.15, 0.2) is 0 Å².